The summed E-state index contributed by atoms with van der Waals surface area (Å²) < 4.78 is 0. The third kappa shape index (κ3) is 3.46. The largest absolute Gasteiger partial charge is 0.330 e. The van der Waals surface area contributed by atoms with Crippen molar-refractivity contribution in [3.8, 4) is 0 Å². The summed E-state index contributed by atoms with van der Waals surface area (Å²) in [6.07, 6.45) is 3.93. The second-order valence-electron chi connectivity index (χ2n) is 5.83. The van der Waals surface area contributed by atoms with Crippen LogP contribution < -0.4 is 5.73 Å². The average molecular weight is 212 g/mol. The first kappa shape index (κ1) is 13.0. The third-order valence-electron chi connectivity index (χ3n) is 4.18. The first-order valence-corrected chi connectivity index (χ1v) is 6.45. The number of hydrogen-bond acceptors (Lipinski definition) is 2. The molecule has 1 saturated heterocycles. The van der Waals surface area contributed by atoms with Crippen LogP contribution in [0.5, 0.6) is 0 Å². The van der Waals surface area contributed by atoms with Gasteiger partial charge in [0.25, 0.3) is 0 Å². The van der Waals surface area contributed by atoms with E-state index >= 15 is 0 Å². The van der Waals surface area contributed by atoms with Gasteiger partial charge in [0.2, 0.25) is 0 Å². The van der Waals surface area contributed by atoms with E-state index in [1.54, 1.807) is 0 Å². The molecule has 90 valence electrons. The van der Waals surface area contributed by atoms with Crippen molar-refractivity contribution >= 4 is 0 Å². The van der Waals surface area contributed by atoms with Crippen LogP contribution in [0.3, 0.4) is 0 Å². The van der Waals surface area contributed by atoms with E-state index in [-0.39, 0.29) is 0 Å². The van der Waals surface area contributed by atoms with Crippen LogP contribution in [0.25, 0.3) is 0 Å². The zero-order valence-corrected chi connectivity index (χ0v) is 10.9. The molecule has 0 aromatic heterocycles. The van der Waals surface area contributed by atoms with Crippen molar-refractivity contribution in [3.05, 3.63) is 0 Å². The van der Waals surface area contributed by atoms with Crippen LogP contribution >= 0.6 is 0 Å². The van der Waals surface area contributed by atoms with E-state index in [1.807, 2.05) is 0 Å². The van der Waals surface area contributed by atoms with Gasteiger partial charge >= 0.3 is 0 Å². The molecule has 1 rings (SSSR count). The fourth-order valence-electron chi connectivity index (χ4n) is 2.41. The highest BCUT2D eigenvalue weighted by Gasteiger charge is 2.29. The monoisotopic (exact) mass is 212 g/mol. The maximum atomic E-state index is 5.89. The van der Waals surface area contributed by atoms with E-state index in [9.17, 15) is 0 Å². The molecule has 2 N–H and O–H groups in total. The van der Waals surface area contributed by atoms with Gasteiger partial charge in [0.1, 0.15) is 0 Å². The first-order chi connectivity index (χ1) is 7.00. The topological polar surface area (TPSA) is 29.3 Å². The SMILES string of the molecule is CCC(C)(CN)CN1CC(C)CCC1C. The highest BCUT2D eigenvalue weighted by Crippen LogP contribution is 2.27. The Hall–Kier alpha value is -0.0800. The van der Waals surface area contributed by atoms with Crippen molar-refractivity contribution in [2.75, 3.05) is 19.6 Å². The highest BCUT2D eigenvalue weighted by molar-refractivity contribution is 4.84. The second kappa shape index (κ2) is 5.31. The molecule has 0 amide bonds. The summed E-state index contributed by atoms with van der Waals surface area (Å²) in [5.74, 6) is 0.861. The lowest BCUT2D eigenvalue weighted by atomic mass is 9.84. The molecule has 1 fully saturated rings. The lowest BCUT2D eigenvalue weighted by molar-refractivity contribution is 0.0745. The van der Waals surface area contributed by atoms with Crippen LogP contribution in [0.1, 0.15) is 47.0 Å². The van der Waals surface area contributed by atoms with Crippen molar-refractivity contribution in [1.29, 1.82) is 0 Å². The summed E-state index contributed by atoms with van der Waals surface area (Å²) in [7, 11) is 0. The van der Waals surface area contributed by atoms with Gasteiger partial charge in [-0.05, 0) is 44.1 Å². The minimum atomic E-state index is 0.311. The van der Waals surface area contributed by atoms with Crippen molar-refractivity contribution in [2.24, 2.45) is 17.1 Å². The molecule has 15 heavy (non-hydrogen) atoms. The lowest BCUT2D eigenvalue weighted by Crippen LogP contribution is -2.48. The van der Waals surface area contributed by atoms with Gasteiger partial charge in [-0.1, -0.05) is 20.8 Å². The molecule has 0 aromatic rings. The standard InChI is InChI=1S/C13H28N2/c1-5-13(4,9-14)10-15-8-11(2)6-7-12(15)3/h11-12H,5-10,14H2,1-4H3. The van der Waals surface area contributed by atoms with Crippen molar-refractivity contribution in [2.45, 2.75) is 53.0 Å². The zero-order valence-electron chi connectivity index (χ0n) is 10.9. The molecule has 2 heteroatoms. The summed E-state index contributed by atoms with van der Waals surface area (Å²) in [6, 6.07) is 0.749. The first-order valence-electron chi connectivity index (χ1n) is 6.45. The number of nitrogens with two attached hydrogens (primary N) is 1. The molecule has 0 aliphatic carbocycles. The molecule has 0 aromatic carbocycles. The number of piperidine rings is 1. The zero-order chi connectivity index (χ0) is 11.5. The summed E-state index contributed by atoms with van der Waals surface area (Å²) in [5, 5.41) is 0. The third-order valence-corrected chi connectivity index (χ3v) is 4.18. The molecule has 0 radical (unpaired) electrons. The van der Waals surface area contributed by atoms with Gasteiger partial charge in [-0.3, -0.25) is 4.90 Å². The molecule has 1 heterocycles. The summed E-state index contributed by atoms with van der Waals surface area (Å²) >= 11 is 0. The van der Waals surface area contributed by atoms with E-state index in [0.717, 1.165) is 18.5 Å². The van der Waals surface area contributed by atoms with Crippen molar-refractivity contribution < 1.29 is 0 Å². The van der Waals surface area contributed by atoms with Crippen LogP contribution in [0, 0.1) is 11.3 Å². The lowest BCUT2D eigenvalue weighted by Gasteiger charge is -2.42. The summed E-state index contributed by atoms with van der Waals surface area (Å²) in [6.45, 7) is 12.5. The van der Waals surface area contributed by atoms with E-state index in [0.29, 0.717) is 5.41 Å². The van der Waals surface area contributed by atoms with Gasteiger partial charge in [-0.2, -0.15) is 0 Å². The van der Waals surface area contributed by atoms with Crippen LogP contribution in [-0.2, 0) is 0 Å². The maximum absolute atomic E-state index is 5.89. The Bertz CT molecular complexity index is 187. The van der Waals surface area contributed by atoms with E-state index in [4.69, 9.17) is 5.73 Å². The second-order valence-corrected chi connectivity index (χ2v) is 5.83. The number of nitrogens with zero attached hydrogens (tertiary/aromatic N) is 1. The predicted molar refractivity (Wildman–Crippen MR) is 66.9 cm³/mol. The molecule has 0 saturated carbocycles. The molecule has 0 spiro atoms. The average Bonchev–Trinajstić information content (AvgIpc) is 2.23. The van der Waals surface area contributed by atoms with Gasteiger partial charge < -0.3 is 5.73 Å². The van der Waals surface area contributed by atoms with Crippen LogP contribution in [-0.4, -0.2) is 30.6 Å². The predicted octanol–water partition coefficient (Wildman–Crippen LogP) is 2.48. The van der Waals surface area contributed by atoms with Crippen molar-refractivity contribution in [1.82, 2.24) is 4.90 Å². The molecular weight excluding hydrogens is 184 g/mol. The molecule has 3 unspecified atom stereocenters. The highest BCUT2D eigenvalue weighted by atomic mass is 15.2. The Balaban J connectivity index is 2.54. The van der Waals surface area contributed by atoms with Gasteiger partial charge in [0.15, 0.2) is 0 Å². The van der Waals surface area contributed by atoms with E-state index in [2.05, 4.69) is 32.6 Å². The Labute approximate surface area is 95.2 Å². The molecule has 0 bridgehead atoms. The van der Waals surface area contributed by atoms with Gasteiger partial charge in [-0.15, -0.1) is 0 Å². The molecule has 2 nitrogen and oxygen atoms in total. The number of hydrogen-bond donors (Lipinski definition) is 1. The van der Waals surface area contributed by atoms with E-state index in [1.165, 1.54) is 32.4 Å². The van der Waals surface area contributed by atoms with Gasteiger partial charge in [-0.25, -0.2) is 0 Å². The van der Waals surface area contributed by atoms with Crippen molar-refractivity contribution in [3.63, 3.8) is 0 Å². The number of likely N-dealkylation sites (tertiary alicyclic amines) is 1. The molecular formula is C13H28N2. The molecule has 1 aliphatic rings. The Morgan fingerprint density at radius 3 is 2.53 bits per heavy atom. The summed E-state index contributed by atoms with van der Waals surface area (Å²) in [5.41, 5.74) is 6.20. The maximum Gasteiger partial charge on any atom is 0.00673 e. The number of rotatable bonds is 4. The van der Waals surface area contributed by atoms with E-state index < -0.39 is 0 Å². The quantitative estimate of drug-likeness (QED) is 0.776. The normalized spacial score (nSPS) is 32.6. The minimum absolute atomic E-state index is 0.311. The van der Waals surface area contributed by atoms with Crippen LogP contribution in [0.4, 0.5) is 0 Å². The van der Waals surface area contributed by atoms with Gasteiger partial charge in [0, 0.05) is 19.1 Å². The minimum Gasteiger partial charge on any atom is -0.330 e. The van der Waals surface area contributed by atoms with Crippen LogP contribution in [0.2, 0.25) is 0 Å². The van der Waals surface area contributed by atoms with Gasteiger partial charge in [0.05, 0.1) is 0 Å². The fraction of sp³-hybridized carbons (Fsp3) is 1.00. The Morgan fingerprint density at radius 2 is 2.00 bits per heavy atom. The summed E-state index contributed by atoms with van der Waals surface area (Å²) in [4.78, 5) is 2.64. The molecule has 1 aliphatic heterocycles. The van der Waals surface area contributed by atoms with Crippen LogP contribution in [0.15, 0.2) is 0 Å². The Kier molecular flexibility index (Phi) is 4.60. The fourth-order valence-corrected chi connectivity index (χ4v) is 2.41. The smallest absolute Gasteiger partial charge is 0.00673 e. The molecule has 3 atom stereocenters. The Morgan fingerprint density at radius 1 is 1.33 bits per heavy atom.